The Morgan fingerprint density at radius 3 is 2.50 bits per heavy atom. The summed E-state index contributed by atoms with van der Waals surface area (Å²) in [4.78, 5) is 0. The van der Waals surface area contributed by atoms with Crippen molar-refractivity contribution in [2.45, 2.75) is 19.7 Å². The molecule has 2 aromatic carbocycles. The maximum atomic E-state index is 5.86. The van der Waals surface area contributed by atoms with Gasteiger partial charge < -0.3 is 0 Å². The van der Waals surface area contributed by atoms with E-state index in [1.54, 1.807) is 0 Å². The van der Waals surface area contributed by atoms with Crippen LogP contribution in [0.3, 0.4) is 0 Å². The van der Waals surface area contributed by atoms with Crippen molar-refractivity contribution in [2.24, 2.45) is 0 Å². The Bertz CT molecular complexity index is 501. The van der Waals surface area contributed by atoms with Crippen molar-refractivity contribution in [1.82, 2.24) is 0 Å². The molecule has 0 amide bonds. The summed E-state index contributed by atoms with van der Waals surface area (Å²) in [7, 11) is 0. The zero-order valence-corrected chi connectivity index (χ0v) is 10.4. The number of hydrogen-bond acceptors (Lipinski definition) is 0. The molecule has 2 aromatic rings. The Balaban J connectivity index is 2.54. The highest BCUT2D eigenvalue weighted by Crippen LogP contribution is 2.26. The van der Waals surface area contributed by atoms with Crippen LogP contribution in [0, 0.1) is 13.8 Å². The predicted molar refractivity (Wildman–Crippen MR) is 70.9 cm³/mol. The fourth-order valence-electron chi connectivity index (χ4n) is 1.89. The molecule has 0 saturated carbocycles. The van der Waals surface area contributed by atoms with Crippen LogP contribution in [-0.4, -0.2) is 0 Å². The fourth-order valence-corrected chi connectivity index (χ4v) is 2.05. The van der Waals surface area contributed by atoms with Gasteiger partial charge >= 0.3 is 0 Å². The molecule has 0 bridgehead atoms. The highest BCUT2D eigenvalue weighted by Gasteiger charge is 2.03. The maximum absolute atomic E-state index is 5.86. The Hall–Kier alpha value is -1.27. The van der Waals surface area contributed by atoms with E-state index in [2.05, 4.69) is 56.3 Å². The zero-order chi connectivity index (χ0) is 11.5. The smallest absolute Gasteiger partial charge is 0.0474 e. The van der Waals surface area contributed by atoms with Crippen LogP contribution in [-0.2, 0) is 5.88 Å². The van der Waals surface area contributed by atoms with E-state index in [0.29, 0.717) is 5.88 Å². The molecule has 1 heteroatoms. The SMILES string of the molecule is Cc1cccc(-c2cccc(CCl)c2)c1C. The summed E-state index contributed by atoms with van der Waals surface area (Å²) in [5, 5.41) is 0. The normalized spacial score (nSPS) is 10.4. The first-order valence-corrected chi connectivity index (χ1v) is 5.97. The van der Waals surface area contributed by atoms with Crippen LogP contribution in [0.25, 0.3) is 11.1 Å². The molecule has 0 fully saturated rings. The average Bonchev–Trinajstić information content (AvgIpc) is 2.33. The fraction of sp³-hybridized carbons (Fsp3) is 0.200. The largest absolute Gasteiger partial charge is 0.122 e. The number of hydrogen-bond donors (Lipinski definition) is 0. The van der Waals surface area contributed by atoms with Crippen LogP contribution in [0.4, 0.5) is 0 Å². The summed E-state index contributed by atoms with van der Waals surface area (Å²) in [6.45, 7) is 4.31. The van der Waals surface area contributed by atoms with E-state index in [9.17, 15) is 0 Å². The van der Waals surface area contributed by atoms with Crippen molar-refractivity contribution in [3.05, 3.63) is 59.2 Å². The lowest BCUT2D eigenvalue weighted by atomic mass is 9.96. The van der Waals surface area contributed by atoms with Gasteiger partial charge in [-0.15, -0.1) is 11.6 Å². The Kier molecular flexibility index (Phi) is 3.31. The Morgan fingerprint density at radius 1 is 1.00 bits per heavy atom. The molecule has 0 unspecified atom stereocenters. The Morgan fingerprint density at radius 2 is 1.75 bits per heavy atom. The van der Waals surface area contributed by atoms with Crippen LogP contribution < -0.4 is 0 Å². The first-order chi connectivity index (χ1) is 7.72. The van der Waals surface area contributed by atoms with Gasteiger partial charge in [0.1, 0.15) is 0 Å². The number of rotatable bonds is 2. The molecular weight excluding hydrogens is 216 g/mol. The lowest BCUT2D eigenvalue weighted by molar-refractivity contribution is 1.33. The molecule has 0 radical (unpaired) electrons. The van der Waals surface area contributed by atoms with Crippen LogP contribution in [0.1, 0.15) is 16.7 Å². The van der Waals surface area contributed by atoms with E-state index in [0.717, 1.165) is 0 Å². The van der Waals surface area contributed by atoms with E-state index in [4.69, 9.17) is 11.6 Å². The van der Waals surface area contributed by atoms with Crippen molar-refractivity contribution in [2.75, 3.05) is 0 Å². The summed E-state index contributed by atoms with van der Waals surface area (Å²) in [6, 6.07) is 14.8. The van der Waals surface area contributed by atoms with Crippen molar-refractivity contribution < 1.29 is 0 Å². The van der Waals surface area contributed by atoms with Gasteiger partial charge in [-0.2, -0.15) is 0 Å². The van der Waals surface area contributed by atoms with E-state index in [1.807, 2.05) is 0 Å². The lowest BCUT2D eigenvalue weighted by Crippen LogP contribution is -1.88. The van der Waals surface area contributed by atoms with Gasteiger partial charge in [0.05, 0.1) is 0 Å². The summed E-state index contributed by atoms with van der Waals surface area (Å²) in [6.07, 6.45) is 0. The Labute approximate surface area is 102 Å². The average molecular weight is 231 g/mol. The van der Waals surface area contributed by atoms with Gasteiger partial charge in [-0.05, 0) is 47.7 Å². The number of halogens is 1. The molecule has 0 aromatic heterocycles. The van der Waals surface area contributed by atoms with Gasteiger partial charge in [-0.3, -0.25) is 0 Å². The van der Waals surface area contributed by atoms with Gasteiger partial charge in [-0.25, -0.2) is 0 Å². The first kappa shape index (κ1) is 11.2. The summed E-state index contributed by atoms with van der Waals surface area (Å²) in [5.41, 5.74) is 6.38. The summed E-state index contributed by atoms with van der Waals surface area (Å²) >= 11 is 5.86. The minimum absolute atomic E-state index is 0.568. The zero-order valence-electron chi connectivity index (χ0n) is 9.63. The van der Waals surface area contributed by atoms with Crippen LogP contribution in [0.15, 0.2) is 42.5 Å². The molecule has 0 aliphatic carbocycles. The molecule has 0 atom stereocenters. The minimum Gasteiger partial charge on any atom is -0.122 e. The van der Waals surface area contributed by atoms with Crippen molar-refractivity contribution >= 4 is 11.6 Å². The molecule has 0 saturated heterocycles. The summed E-state index contributed by atoms with van der Waals surface area (Å²) in [5.74, 6) is 0.568. The molecule has 0 nitrogen and oxygen atoms in total. The van der Waals surface area contributed by atoms with E-state index in [1.165, 1.54) is 27.8 Å². The van der Waals surface area contributed by atoms with Gasteiger partial charge in [0, 0.05) is 5.88 Å². The highest BCUT2D eigenvalue weighted by molar-refractivity contribution is 6.17. The third-order valence-corrected chi connectivity index (χ3v) is 3.31. The van der Waals surface area contributed by atoms with Crippen LogP contribution in [0.2, 0.25) is 0 Å². The molecule has 0 N–H and O–H groups in total. The van der Waals surface area contributed by atoms with E-state index >= 15 is 0 Å². The number of aryl methyl sites for hydroxylation is 1. The third kappa shape index (κ3) is 2.12. The number of benzene rings is 2. The van der Waals surface area contributed by atoms with Crippen molar-refractivity contribution in [1.29, 1.82) is 0 Å². The molecule has 0 heterocycles. The quantitative estimate of drug-likeness (QED) is 0.656. The van der Waals surface area contributed by atoms with Crippen LogP contribution in [0.5, 0.6) is 0 Å². The molecule has 16 heavy (non-hydrogen) atoms. The molecule has 82 valence electrons. The van der Waals surface area contributed by atoms with Gasteiger partial charge in [0.25, 0.3) is 0 Å². The molecule has 2 rings (SSSR count). The van der Waals surface area contributed by atoms with Crippen molar-refractivity contribution in [3.8, 4) is 11.1 Å². The molecular formula is C15H15Cl. The second kappa shape index (κ2) is 4.71. The molecule has 0 spiro atoms. The van der Waals surface area contributed by atoms with Gasteiger partial charge in [0.15, 0.2) is 0 Å². The standard InChI is InChI=1S/C15H15Cl/c1-11-5-3-8-15(12(11)2)14-7-4-6-13(9-14)10-16/h3-9H,10H2,1-2H3. The van der Waals surface area contributed by atoms with Gasteiger partial charge in [-0.1, -0.05) is 36.4 Å². The highest BCUT2D eigenvalue weighted by atomic mass is 35.5. The lowest BCUT2D eigenvalue weighted by Gasteiger charge is -2.09. The molecule has 0 aliphatic heterocycles. The maximum Gasteiger partial charge on any atom is 0.0474 e. The topological polar surface area (TPSA) is 0 Å². The third-order valence-electron chi connectivity index (χ3n) is 3.00. The first-order valence-electron chi connectivity index (χ1n) is 5.44. The monoisotopic (exact) mass is 230 g/mol. The number of alkyl halides is 1. The van der Waals surface area contributed by atoms with E-state index in [-0.39, 0.29) is 0 Å². The van der Waals surface area contributed by atoms with Gasteiger partial charge in [0.2, 0.25) is 0 Å². The predicted octanol–water partition coefficient (Wildman–Crippen LogP) is 4.71. The van der Waals surface area contributed by atoms with Crippen molar-refractivity contribution in [3.63, 3.8) is 0 Å². The van der Waals surface area contributed by atoms with Crippen LogP contribution >= 0.6 is 11.6 Å². The second-order valence-corrected chi connectivity index (χ2v) is 4.35. The minimum atomic E-state index is 0.568. The summed E-state index contributed by atoms with van der Waals surface area (Å²) < 4.78 is 0. The molecule has 0 aliphatic rings. The van der Waals surface area contributed by atoms with E-state index < -0.39 is 0 Å². The second-order valence-electron chi connectivity index (χ2n) is 4.08.